The minimum atomic E-state index is 0.428. The van der Waals surface area contributed by atoms with Crippen molar-refractivity contribution in [2.75, 3.05) is 0 Å². The van der Waals surface area contributed by atoms with Crippen molar-refractivity contribution in [2.24, 2.45) is 0 Å². The Balaban J connectivity index is 1.92. The molecule has 0 aliphatic heterocycles. The molecule has 1 aliphatic carbocycles. The van der Waals surface area contributed by atoms with Crippen LogP contribution in [0.25, 0.3) is 0 Å². The molecule has 14 heavy (non-hydrogen) atoms. The number of aromatic nitrogens is 1. The predicted molar refractivity (Wildman–Crippen MR) is 60.7 cm³/mol. The second kappa shape index (κ2) is 4.41. The van der Waals surface area contributed by atoms with E-state index in [1.54, 1.807) is 11.3 Å². The minimum absolute atomic E-state index is 0.428. The topological polar surface area (TPSA) is 24.9 Å². The molecule has 0 spiro atoms. The molecule has 1 heterocycles. The van der Waals surface area contributed by atoms with E-state index >= 15 is 0 Å². The summed E-state index contributed by atoms with van der Waals surface area (Å²) in [4.78, 5) is 4.60. The molecule has 0 bridgehead atoms. The van der Waals surface area contributed by atoms with Crippen molar-refractivity contribution in [3.63, 3.8) is 0 Å². The second-order valence-corrected chi connectivity index (χ2v) is 4.98. The number of hydrogen-bond donors (Lipinski definition) is 1. The van der Waals surface area contributed by atoms with Gasteiger partial charge >= 0.3 is 0 Å². The molecule has 1 atom stereocenters. The van der Waals surface area contributed by atoms with Crippen molar-refractivity contribution in [3.8, 4) is 0 Å². The molecular formula is C11H18N2S. The van der Waals surface area contributed by atoms with Gasteiger partial charge in [0.15, 0.2) is 0 Å². The molecule has 1 saturated carbocycles. The Kier molecular flexibility index (Phi) is 3.19. The fourth-order valence-corrected chi connectivity index (χ4v) is 2.54. The monoisotopic (exact) mass is 210 g/mol. The number of hydrogen-bond acceptors (Lipinski definition) is 3. The zero-order valence-corrected chi connectivity index (χ0v) is 9.73. The molecule has 2 nitrogen and oxygen atoms in total. The van der Waals surface area contributed by atoms with E-state index in [0.717, 1.165) is 12.5 Å². The van der Waals surface area contributed by atoms with Gasteiger partial charge in [-0.3, -0.25) is 0 Å². The van der Waals surface area contributed by atoms with Crippen LogP contribution >= 0.6 is 11.3 Å². The Morgan fingerprint density at radius 1 is 1.64 bits per heavy atom. The van der Waals surface area contributed by atoms with Crippen molar-refractivity contribution < 1.29 is 0 Å². The Labute approximate surface area is 89.8 Å². The smallest absolute Gasteiger partial charge is 0.0926 e. The third kappa shape index (κ3) is 2.15. The third-order valence-corrected chi connectivity index (χ3v) is 3.92. The molecule has 1 unspecified atom stereocenters. The van der Waals surface area contributed by atoms with Crippen LogP contribution in [0.5, 0.6) is 0 Å². The molecule has 1 aromatic rings. The molecule has 0 aromatic carbocycles. The molecule has 2 rings (SSSR count). The average Bonchev–Trinajstić information content (AvgIpc) is 2.59. The molecule has 1 N–H and O–H groups in total. The Bertz CT molecular complexity index is 291. The van der Waals surface area contributed by atoms with E-state index in [9.17, 15) is 0 Å². The predicted octanol–water partition coefficient (Wildman–Crippen LogP) is 2.91. The molecule has 0 amide bonds. The number of nitrogens with zero attached hydrogens (tertiary/aromatic N) is 1. The highest BCUT2D eigenvalue weighted by Crippen LogP contribution is 2.23. The van der Waals surface area contributed by atoms with E-state index in [-0.39, 0.29) is 0 Å². The average molecular weight is 210 g/mol. The van der Waals surface area contributed by atoms with E-state index < -0.39 is 0 Å². The van der Waals surface area contributed by atoms with Crippen LogP contribution < -0.4 is 5.32 Å². The van der Waals surface area contributed by atoms with Gasteiger partial charge in [0.05, 0.1) is 10.7 Å². The molecule has 1 aromatic heterocycles. The fraction of sp³-hybridized carbons (Fsp3) is 0.727. The molecule has 0 saturated heterocycles. The van der Waals surface area contributed by atoms with E-state index in [2.05, 4.69) is 29.5 Å². The van der Waals surface area contributed by atoms with Crippen LogP contribution in [-0.4, -0.2) is 11.0 Å². The highest BCUT2D eigenvalue weighted by Gasteiger charge is 2.20. The van der Waals surface area contributed by atoms with E-state index in [0.29, 0.717) is 6.04 Å². The van der Waals surface area contributed by atoms with Gasteiger partial charge in [0, 0.05) is 17.5 Å². The van der Waals surface area contributed by atoms with Gasteiger partial charge in [0.2, 0.25) is 0 Å². The van der Waals surface area contributed by atoms with Gasteiger partial charge in [-0.2, -0.15) is 0 Å². The molecule has 1 aliphatic rings. The van der Waals surface area contributed by atoms with Crippen molar-refractivity contribution in [3.05, 3.63) is 16.1 Å². The Hall–Kier alpha value is -0.410. The lowest BCUT2D eigenvalue weighted by atomic mass is 9.92. The van der Waals surface area contributed by atoms with Crippen molar-refractivity contribution >= 4 is 11.3 Å². The highest BCUT2D eigenvalue weighted by atomic mass is 32.1. The summed E-state index contributed by atoms with van der Waals surface area (Å²) in [5.74, 6) is 0. The van der Waals surface area contributed by atoms with Crippen LogP contribution in [-0.2, 0) is 6.42 Å². The first-order valence-electron chi connectivity index (χ1n) is 5.50. The number of aryl methyl sites for hydroxylation is 1. The maximum atomic E-state index is 4.60. The van der Waals surface area contributed by atoms with E-state index in [1.807, 2.05) is 0 Å². The van der Waals surface area contributed by atoms with Crippen LogP contribution in [0.15, 0.2) is 5.38 Å². The van der Waals surface area contributed by atoms with Crippen molar-refractivity contribution in [1.82, 2.24) is 10.3 Å². The normalized spacial score (nSPS) is 19.3. The maximum Gasteiger partial charge on any atom is 0.0926 e. The molecule has 1 fully saturated rings. The lowest BCUT2D eigenvalue weighted by molar-refractivity contribution is 0.311. The fourth-order valence-electron chi connectivity index (χ4n) is 1.70. The largest absolute Gasteiger partial charge is 0.306 e. The number of nitrogens with one attached hydrogen (secondary N) is 1. The summed E-state index contributed by atoms with van der Waals surface area (Å²) in [5.41, 5.74) is 1.22. The Morgan fingerprint density at radius 2 is 2.43 bits per heavy atom. The van der Waals surface area contributed by atoms with Gasteiger partial charge in [0.25, 0.3) is 0 Å². The summed E-state index contributed by atoms with van der Waals surface area (Å²) in [6.45, 7) is 4.37. The molecule has 0 radical (unpaired) electrons. The standard InChI is InChI=1S/C11H18N2S/c1-3-11-13-10(7-14-11)8(2)12-9-5-4-6-9/h7-9,12H,3-6H2,1-2H3. The van der Waals surface area contributed by atoms with E-state index in [4.69, 9.17) is 0 Å². The van der Waals surface area contributed by atoms with Gasteiger partial charge < -0.3 is 5.32 Å². The lowest BCUT2D eigenvalue weighted by Gasteiger charge is -2.29. The van der Waals surface area contributed by atoms with Gasteiger partial charge in [-0.1, -0.05) is 13.3 Å². The van der Waals surface area contributed by atoms with Crippen molar-refractivity contribution in [1.29, 1.82) is 0 Å². The zero-order chi connectivity index (χ0) is 9.97. The summed E-state index contributed by atoms with van der Waals surface area (Å²) in [6, 6.07) is 1.17. The quantitative estimate of drug-likeness (QED) is 0.826. The number of rotatable bonds is 4. The third-order valence-electron chi connectivity index (χ3n) is 2.91. The summed E-state index contributed by atoms with van der Waals surface area (Å²) in [7, 11) is 0. The number of thiazole rings is 1. The molecular weight excluding hydrogens is 192 g/mol. The SMILES string of the molecule is CCc1nc(C(C)NC2CCC2)cs1. The van der Waals surface area contributed by atoms with Gasteiger partial charge in [0.1, 0.15) is 0 Å². The first-order chi connectivity index (χ1) is 6.79. The first kappa shape index (κ1) is 10.1. The van der Waals surface area contributed by atoms with Crippen LogP contribution in [0, 0.1) is 0 Å². The first-order valence-corrected chi connectivity index (χ1v) is 6.38. The molecule has 3 heteroatoms. The lowest BCUT2D eigenvalue weighted by Crippen LogP contribution is -2.36. The summed E-state index contributed by atoms with van der Waals surface area (Å²) >= 11 is 1.78. The van der Waals surface area contributed by atoms with Crippen LogP contribution in [0.2, 0.25) is 0 Å². The minimum Gasteiger partial charge on any atom is -0.306 e. The van der Waals surface area contributed by atoms with Gasteiger partial charge in [-0.25, -0.2) is 4.98 Å². The highest BCUT2D eigenvalue weighted by molar-refractivity contribution is 7.09. The van der Waals surface area contributed by atoms with Crippen LogP contribution in [0.4, 0.5) is 0 Å². The van der Waals surface area contributed by atoms with Crippen molar-refractivity contribution in [2.45, 2.75) is 51.6 Å². The second-order valence-electron chi connectivity index (χ2n) is 4.04. The summed E-state index contributed by atoms with van der Waals surface area (Å²) < 4.78 is 0. The zero-order valence-electron chi connectivity index (χ0n) is 8.92. The Morgan fingerprint density at radius 3 is 2.93 bits per heavy atom. The van der Waals surface area contributed by atoms with Crippen LogP contribution in [0.3, 0.4) is 0 Å². The summed E-state index contributed by atoms with van der Waals surface area (Å²) in [6.07, 6.45) is 5.13. The van der Waals surface area contributed by atoms with Crippen LogP contribution in [0.1, 0.15) is 49.9 Å². The molecule has 78 valence electrons. The van der Waals surface area contributed by atoms with Gasteiger partial charge in [-0.15, -0.1) is 11.3 Å². The maximum absolute atomic E-state index is 4.60. The van der Waals surface area contributed by atoms with Gasteiger partial charge in [-0.05, 0) is 26.2 Å². The van der Waals surface area contributed by atoms with E-state index in [1.165, 1.54) is 30.0 Å². The summed E-state index contributed by atoms with van der Waals surface area (Å²) in [5, 5.41) is 7.06.